The number of carbonyl (C=O) groups excluding carboxylic acids is 3. The molecule has 2 aliphatic heterocycles. The van der Waals surface area contributed by atoms with Crippen LogP contribution in [0, 0.1) is 5.92 Å². The molecule has 3 aliphatic rings. The lowest BCUT2D eigenvalue weighted by Crippen LogP contribution is -2.40. The highest BCUT2D eigenvalue weighted by Gasteiger charge is 2.38. The normalized spacial score (nSPS) is 23.5. The molecule has 0 bridgehead atoms. The van der Waals surface area contributed by atoms with Crippen LogP contribution in [0.3, 0.4) is 0 Å². The van der Waals surface area contributed by atoms with Crippen LogP contribution in [0.4, 0.5) is 11.4 Å². The molecule has 1 aromatic carbocycles. The Morgan fingerprint density at radius 3 is 2.82 bits per heavy atom. The van der Waals surface area contributed by atoms with Gasteiger partial charge in [-0.05, 0) is 43.9 Å². The van der Waals surface area contributed by atoms with Crippen LogP contribution < -0.4 is 10.6 Å². The summed E-state index contributed by atoms with van der Waals surface area (Å²) in [4.78, 5) is 38.3. The molecule has 2 N–H and O–H groups in total. The molecule has 1 aromatic rings. The third kappa shape index (κ3) is 2.15. The molecular formula is C16H17N3O3. The Morgan fingerprint density at radius 2 is 2.05 bits per heavy atom. The lowest BCUT2D eigenvalue weighted by Gasteiger charge is -2.20. The van der Waals surface area contributed by atoms with E-state index in [1.54, 1.807) is 23.1 Å². The number of rotatable bonds is 2. The first-order valence-electron chi connectivity index (χ1n) is 7.70. The highest BCUT2D eigenvalue weighted by atomic mass is 16.2. The highest BCUT2D eigenvalue weighted by molar-refractivity contribution is 6.11. The Balaban J connectivity index is 1.66. The predicted molar refractivity (Wildman–Crippen MR) is 80.5 cm³/mol. The molecule has 1 saturated heterocycles. The van der Waals surface area contributed by atoms with Crippen LogP contribution in [0.15, 0.2) is 18.2 Å². The van der Waals surface area contributed by atoms with Gasteiger partial charge in [0.25, 0.3) is 5.91 Å². The van der Waals surface area contributed by atoms with E-state index < -0.39 is 0 Å². The van der Waals surface area contributed by atoms with E-state index in [0.29, 0.717) is 29.9 Å². The lowest BCUT2D eigenvalue weighted by molar-refractivity contribution is -0.119. The lowest BCUT2D eigenvalue weighted by atomic mass is 10.1. The van der Waals surface area contributed by atoms with Gasteiger partial charge in [-0.2, -0.15) is 0 Å². The SMILES string of the molecule is O=C(Nc1ccc2c(c1)C(=O)N1CCCC1C(=O)N2)C1CC1. The van der Waals surface area contributed by atoms with Gasteiger partial charge in [0.2, 0.25) is 11.8 Å². The summed E-state index contributed by atoms with van der Waals surface area (Å²) in [5, 5.41) is 5.67. The van der Waals surface area contributed by atoms with Gasteiger partial charge in [-0.25, -0.2) is 0 Å². The molecular weight excluding hydrogens is 282 g/mol. The minimum Gasteiger partial charge on any atom is -0.327 e. The fourth-order valence-electron chi connectivity index (χ4n) is 3.15. The molecule has 3 amide bonds. The molecule has 1 saturated carbocycles. The number of nitrogens with zero attached hydrogens (tertiary/aromatic N) is 1. The minimum absolute atomic E-state index is 0.00380. The zero-order valence-electron chi connectivity index (χ0n) is 12.1. The number of benzene rings is 1. The van der Waals surface area contributed by atoms with Crippen LogP contribution in [0.2, 0.25) is 0 Å². The molecule has 1 aliphatic carbocycles. The summed E-state index contributed by atoms with van der Waals surface area (Å²) < 4.78 is 0. The maximum Gasteiger partial charge on any atom is 0.256 e. The Hall–Kier alpha value is -2.37. The van der Waals surface area contributed by atoms with E-state index in [1.165, 1.54) is 0 Å². The maximum absolute atomic E-state index is 12.7. The van der Waals surface area contributed by atoms with Gasteiger partial charge in [0, 0.05) is 18.2 Å². The molecule has 6 nitrogen and oxygen atoms in total. The van der Waals surface area contributed by atoms with E-state index in [1.807, 2.05) is 0 Å². The smallest absolute Gasteiger partial charge is 0.256 e. The Labute approximate surface area is 127 Å². The van der Waals surface area contributed by atoms with Crippen molar-refractivity contribution in [3.63, 3.8) is 0 Å². The van der Waals surface area contributed by atoms with Gasteiger partial charge in [0.05, 0.1) is 11.3 Å². The molecule has 0 spiro atoms. The number of carbonyl (C=O) groups is 3. The summed E-state index contributed by atoms with van der Waals surface area (Å²) >= 11 is 0. The molecule has 1 unspecified atom stereocenters. The molecule has 1 atom stereocenters. The van der Waals surface area contributed by atoms with Gasteiger partial charge >= 0.3 is 0 Å². The first kappa shape index (κ1) is 13.3. The average Bonchev–Trinajstić information content (AvgIpc) is 3.25. The van der Waals surface area contributed by atoms with Crippen molar-refractivity contribution in [2.75, 3.05) is 17.2 Å². The molecule has 2 fully saturated rings. The van der Waals surface area contributed by atoms with Gasteiger partial charge in [-0.3, -0.25) is 14.4 Å². The summed E-state index contributed by atoms with van der Waals surface area (Å²) in [6.45, 7) is 0.606. The third-order valence-electron chi connectivity index (χ3n) is 4.54. The Bertz CT molecular complexity index is 681. The van der Waals surface area contributed by atoms with Gasteiger partial charge in [0.15, 0.2) is 0 Å². The molecule has 0 radical (unpaired) electrons. The third-order valence-corrected chi connectivity index (χ3v) is 4.54. The highest BCUT2D eigenvalue weighted by Crippen LogP contribution is 2.32. The van der Waals surface area contributed by atoms with Gasteiger partial charge in [0.1, 0.15) is 6.04 Å². The van der Waals surface area contributed by atoms with Crippen LogP contribution in [-0.2, 0) is 9.59 Å². The van der Waals surface area contributed by atoms with E-state index in [-0.39, 0.29) is 29.7 Å². The number of nitrogens with one attached hydrogen (secondary N) is 2. The zero-order valence-corrected chi connectivity index (χ0v) is 12.1. The summed E-state index contributed by atoms with van der Waals surface area (Å²) in [6.07, 6.45) is 3.41. The van der Waals surface area contributed by atoms with Crippen molar-refractivity contribution in [2.45, 2.75) is 31.7 Å². The van der Waals surface area contributed by atoms with Crippen LogP contribution >= 0.6 is 0 Å². The van der Waals surface area contributed by atoms with Crippen molar-refractivity contribution in [1.82, 2.24) is 4.90 Å². The first-order valence-corrected chi connectivity index (χ1v) is 7.70. The average molecular weight is 299 g/mol. The quantitative estimate of drug-likeness (QED) is 0.870. The second-order valence-corrected chi connectivity index (χ2v) is 6.17. The standard InChI is InChI=1S/C16H17N3O3/c20-14(9-3-4-9)17-10-5-6-12-11(8-10)16(22)19-7-1-2-13(19)15(21)18-12/h5-6,8-9,13H,1-4,7H2,(H,17,20)(H,18,21). The molecule has 6 heteroatoms. The Kier molecular flexibility index (Phi) is 2.92. The number of amides is 3. The first-order chi connectivity index (χ1) is 10.6. The van der Waals surface area contributed by atoms with Gasteiger partial charge < -0.3 is 15.5 Å². The van der Waals surface area contributed by atoms with E-state index in [9.17, 15) is 14.4 Å². The monoisotopic (exact) mass is 299 g/mol. The second-order valence-electron chi connectivity index (χ2n) is 6.17. The summed E-state index contributed by atoms with van der Waals surface area (Å²) in [7, 11) is 0. The second kappa shape index (κ2) is 4.83. The van der Waals surface area contributed by atoms with Crippen LogP contribution in [-0.4, -0.2) is 35.2 Å². The van der Waals surface area contributed by atoms with Gasteiger partial charge in [-0.15, -0.1) is 0 Å². The van der Waals surface area contributed by atoms with Crippen molar-refractivity contribution in [3.05, 3.63) is 23.8 Å². The molecule has 4 rings (SSSR count). The largest absolute Gasteiger partial charge is 0.327 e. The fourth-order valence-corrected chi connectivity index (χ4v) is 3.15. The van der Waals surface area contributed by atoms with E-state index >= 15 is 0 Å². The molecule has 0 aromatic heterocycles. The van der Waals surface area contributed by atoms with Crippen molar-refractivity contribution in [3.8, 4) is 0 Å². The van der Waals surface area contributed by atoms with Crippen molar-refractivity contribution in [1.29, 1.82) is 0 Å². The van der Waals surface area contributed by atoms with Gasteiger partial charge in [-0.1, -0.05) is 0 Å². The van der Waals surface area contributed by atoms with E-state index in [2.05, 4.69) is 10.6 Å². The van der Waals surface area contributed by atoms with Crippen LogP contribution in [0.5, 0.6) is 0 Å². The number of anilines is 2. The summed E-state index contributed by atoms with van der Waals surface area (Å²) in [6, 6.07) is 4.71. The fraction of sp³-hybridized carbons (Fsp3) is 0.438. The van der Waals surface area contributed by atoms with Crippen molar-refractivity contribution in [2.24, 2.45) is 5.92 Å². The van der Waals surface area contributed by atoms with Crippen molar-refractivity contribution >= 4 is 29.1 Å². The van der Waals surface area contributed by atoms with E-state index in [0.717, 1.165) is 19.3 Å². The molecule has 22 heavy (non-hydrogen) atoms. The van der Waals surface area contributed by atoms with E-state index in [4.69, 9.17) is 0 Å². The summed E-state index contributed by atoms with van der Waals surface area (Å²) in [5.41, 5.74) is 1.58. The van der Waals surface area contributed by atoms with Crippen LogP contribution in [0.1, 0.15) is 36.0 Å². The summed E-state index contributed by atoms with van der Waals surface area (Å²) in [5.74, 6) is -0.154. The number of hydrogen-bond acceptors (Lipinski definition) is 3. The maximum atomic E-state index is 12.7. The topological polar surface area (TPSA) is 78.5 Å². The number of fused-ring (bicyclic) bond motifs is 2. The molecule has 2 heterocycles. The predicted octanol–water partition coefficient (Wildman–Crippen LogP) is 1.59. The zero-order chi connectivity index (χ0) is 15.3. The van der Waals surface area contributed by atoms with Crippen molar-refractivity contribution < 1.29 is 14.4 Å². The molecule has 114 valence electrons. The van der Waals surface area contributed by atoms with Crippen LogP contribution in [0.25, 0.3) is 0 Å². The minimum atomic E-state index is -0.371. The number of hydrogen-bond donors (Lipinski definition) is 2. The Morgan fingerprint density at radius 1 is 1.23 bits per heavy atom.